The first-order valence-corrected chi connectivity index (χ1v) is 6.38. The van der Waals surface area contributed by atoms with Crippen molar-refractivity contribution < 1.29 is 18.0 Å². The minimum atomic E-state index is -3.35. The summed E-state index contributed by atoms with van der Waals surface area (Å²) in [6.07, 6.45) is 0.433. The zero-order valence-electron chi connectivity index (χ0n) is 9.26. The van der Waals surface area contributed by atoms with E-state index in [1.807, 2.05) is 17.0 Å². The summed E-state index contributed by atoms with van der Waals surface area (Å²) in [6, 6.07) is 7.26. The third-order valence-electron chi connectivity index (χ3n) is 2.03. The Labute approximate surface area is 95.4 Å². The van der Waals surface area contributed by atoms with E-state index < -0.39 is 10.0 Å². The first-order valence-electron chi connectivity index (χ1n) is 4.73. The number of benzene rings is 1. The van der Waals surface area contributed by atoms with Gasteiger partial charge in [0.25, 0.3) is 0 Å². The number of hydrogen-bond acceptors (Lipinski definition) is 4. The number of nitrogens with one attached hydrogen (secondary N) is 1. The predicted molar refractivity (Wildman–Crippen MR) is 60.6 cm³/mol. The Balaban J connectivity index is 2.54. The van der Waals surface area contributed by atoms with Gasteiger partial charge in [-0.1, -0.05) is 17.0 Å². The lowest BCUT2D eigenvalue weighted by molar-refractivity contribution is 0.153. The highest BCUT2D eigenvalue weighted by Gasteiger charge is 2.09. The first-order chi connectivity index (χ1) is 7.57. The van der Waals surface area contributed by atoms with Crippen LogP contribution in [0.25, 0.3) is 0 Å². The molecule has 0 spiro atoms. The molecule has 1 aromatic carbocycles. The summed E-state index contributed by atoms with van der Waals surface area (Å²) in [7, 11) is -0.495. The number of aryl methyl sites for hydroxylation is 1. The average Bonchev–Trinajstić information content (AvgIpc) is 2.27. The van der Waals surface area contributed by atoms with Crippen LogP contribution in [-0.4, -0.2) is 28.4 Å². The number of hydrogen-bond donors (Lipinski definition) is 1. The van der Waals surface area contributed by atoms with Crippen molar-refractivity contribution in [2.24, 2.45) is 0 Å². The smallest absolute Gasteiger partial charge is 0.233 e. The molecule has 0 heterocycles. The monoisotopic (exact) mass is 245 g/mol. The van der Waals surface area contributed by atoms with Crippen LogP contribution in [0.3, 0.4) is 0 Å². The Morgan fingerprint density at radius 2 is 1.81 bits per heavy atom. The summed E-state index contributed by atoms with van der Waals surface area (Å²) in [5.74, 6) is 0.745. The molecule has 0 bridgehead atoms. The Morgan fingerprint density at radius 3 is 2.31 bits per heavy atom. The predicted octanol–water partition coefficient (Wildman–Crippen LogP) is 0.718. The molecule has 16 heavy (non-hydrogen) atoms. The summed E-state index contributed by atoms with van der Waals surface area (Å²) in [6.45, 7) is 0. The van der Waals surface area contributed by atoms with Gasteiger partial charge < -0.3 is 4.74 Å². The van der Waals surface area contributed by atoms with E-state index in [4.69, 9.17) is 4.74 Å². The second-order valence-electron chi connectivity index (χ2n) is 3.20. The SMILES string of the molecule is CONS(=O)(=O)CCc1ccc(OC)cc1. The van der Waals surface area contributed by atoms with Crippen molar-refractivity contribution in [2.45, 2.75) is 6.42 Å². The summed E-state index contributed by atoms with van der Waals surface area (Å²) in [5, 5.41) is 0. The number of ether oxygens (including phenoxy) is 1. The van der Waals surface area contributed by atoms with Crippen LogP contribution in [0.1, 0.15) is 5.56 Å². The molecule has 90 valence electrons. The lowest BCUT2D eigenvalue weighted by Gasteiger charge is -2.05. The molecule has 0 unspecified atom stereocenters. The van der Waals surface area contributed by atoms with Gasteiger partial charge in [-0.25, -0.2) is 8.42 Å². The molecule has 1 aromatic rings. The van der Waals surface area contributed by atoms with E-state index in [1.165, 1.54) is 7.11 Å². The third kappa shape index (κ3) is 4.18. The van der Waals surface area contributed by atoms with E-state index in [2.05, 4.69) is 4.84 Å². The zero-order valence-corrected chi connectivity index (χ0v) is 10.1. The van der Waals surface area contributed by atoms with Gasteiger partial charge in [-0.2, -0.15) is 0 Å². The maximum atomic E-state index is 11.3. The lowest BCUT2D eigenvalue weighted by Crippen LogP contribution is -2.26. The van der Waals surface area contributed by atoms with E-state index in [1.54, 1.807) is 19.2 Å². The van der Waals surface area contributed by atoms with Crippen molar-refractivity contribution in [3.63, 3.8) is 0 Å². The van der Waals surface area contributed by atoms with Crippen LogP contribution in [0.4, 0.5) is 0 Å². The average molecular weight is 245 g/mol. The molecule has 0 aromatic heterocycles. The van der Waals surface area contributed by atoms with Crippen LogP contribution < -0.4 is 9.62 Å². The second-order valence-corrected chi connectivity index (χ2v) is 5.01. The largest absolute Gasteiger partial charge is 0.497 e. The molecule has 0 aliphatic heterocycles. The van der Waals surface area contributed by atoms with Crippen LogP contribution in [0.5, 0.6) is 5.75 Å². The van der Waals surface area contributed by atoms with Crippen molar-refractivity contribution in [3.8, 4) is 5.75 Å². The molecule has 0 fully saturated rings. The maximum absolute atomic E-state index is 11.3. The Kier molecular flexibility index (Phi) is 4.72. The van der Waals surface area contributed by atoms with Gasteiger partial charge in [-0.15, -0.1) is 0 Å². The minimum absolute atomic E-state index is 0.00678. The highest BCUT2D eigenvalue weighted by atomic mass is 32.2. The number of sulfonamides is 1. The molecule has 6 heteroatoms. The summed E-state index contributed by atoms with van der Waals surface area (Å²) >= 11 is 0. The van der Waals surface area contributed by atoms with Crippen LogP contribution in [0.15, 0.2) is 24.3 Å². The molecule has 1 N–H and O–H groups in total. The van der Waals surface area contributed by atoms with Crippen LogP contribution >= 0.6 is 0 Å². The van der Waals surface area contributed by atoms with E-state index in [9.17, 15) is 8.42 Å². The van der Waals surface area contributed by atoms with Crippen molar-refractivity contribution in [3.05, 3.63) is 29.8 Å². The number of rotatable bonds is 6. The minimum Gasteiger partial charge on any atom is -0.497 e. The van der Waals surface area contributed by atoms with Crippen molar-refractivity contribution in [1.29, 1.82) is 0 Å². The molecule has 0 saturated heterocycles. The molecule has 0 radical (unpaired) electrons. The van der Waals surface area contributed by atoms with Crippen molar-refractivity contribution in [1.82, 2.24) is 4.89 Å². The fourth-order valence-electron chi connectivity index (χ4n) is 1.21. The van der Waals surface area contributed by atoms with Crippen LogP contribution in [-0.2, 0) is 21.3 Å². The normalized spacial score (nSPS) is 11.4. The maximum Gasteiger partial charge on any atom is 0.233 e. The Morgan fingerprint density at radius 1 is 1.19 bits per heavy atom. The fourth-order valence-corrected chi connectivity index (χ4v) is 2.05. The van der Waals surface area contributed by atoms with E-state index >= 15 is 0 Å². The summed E-state index contributed by atoms with van der Waals surface area (Å²) in [4.78, 5) is 6.34. The Hall–Kier alpha value is -1.11. The van der Waals surface area contributed by atoms with Gasteiger partial charge in [0.05, 0.1) is 20.0 Å². The quantitative estimate of drug-likeness (QED) is 0.750. The van der Waals surface area contributed by atoms with Gasteiger partial charge in [0.2, 0.25) is 10.0 Å². The standard InChI is InChI=1S/C10H15NO4S/c1-14-10-5-3-9(4-6-10)7-8-16(12,13)11-15-2/h3-6,11H,7-8H2,1-2H3. The van der Waals surface area contributed by atoms with Gasteiger partial charge in [-0.3, -0.25) is 4.84 Å². The van der Waals surface area contributed by atoms with Crippen molar-refractivity contribution in [2.75, 3.05) is 20.0 Å². The zero-order chi connectivity index (χ0) is 12.0. The van der Waals surface area contributed by atoms with E-state index in [-0.39, 0.29) is 5.75 Å². The Bertz CT molecular complexity index is 413. The third-order valence-corrected chi connectivity index (χ3v) is 3.19. The molecule has 1 rings (SSSR count). The van der Waals surface area contributed by atoms with Gasteiger partial charge in [0, 0.05) is 0 Å². The molecule has 5 nitrogen and oxygen atoms in total. The molecule has 0 aliphatic carbocycles. The summed E-state index contributed by atoms with van der Waals surface area (Å²) in [5.41, 5.74) is 0.933. The molecular formula is C10H15NO4S. The van der Waals surface area contributed by atoms with E-state index in [0.717, 1.165) is 11.3 Å². The van der Waals surface area contributed by atoms with E-state index in [0.29, 0.717) is 6.42 Å². The second kappa shape index (κ2) is 5.83. The van der Waals surface area contributed by atoms with Gasteiger partial charge in [-0.05, 0) is 24.1 Å². The molecular weight excluding hydrogens is 230 g/mol. The van der Waals surface area contributed by atoms with Gasteiger partial charge >= 0.3 is 0 Å². The molecule has 0 aliphatic rings. The lowest BCUT2D eigenvalue weighted by atomic mass is 10.2. The fraction of sp³-hybridized carbons (Fsp3) is 0.400. The molecule has 0 amide bonds. The summed E-state index contributed by atoms with van der Waals surface area (Å²) < 4.78 is 27.5. The van der Waals surface area contributed by atoms with Gasteiger partial charge in [0.15, 0.2) is 0 Å². The first kappa shape index (κ1) is 13.0. The molecule has 0 atom stereocenters. The number of methoxy groups -OCH3 is 1. The van der Waals surface area contributed by atoms with Crippen LogP contribution in [0, 0.1) is 0 Å². The highest BCUT2D eigenvalue weighted by molar-refractivity contribution is 7.89. The van der Waals surface area contributed by atoms with Gasteiger partial charge in [0.1, 0.15) is 5.75 Å². The highest BCUT2D eigenvalue weighted by Crippen LogP contribution is 2.11. The van der Waals surface area contributed by atoms with Crippen LogP contribution in [0.2, 0.25) is 0 Å². The topological polar surface area (TPSA) is 64.6 Å². The van der Waals surface area contributed by atoms with Crippen molar-refractivity contribution >= 4 is 10.0 Å². The molecule has 0 saturated carbocycles.